The number of carboxylic acid groups (broad SMARTS) is 1. The van der Waals surface area contributed by atoms with Crippen LogP contribution in [0.2, 0.25) is 0 Å². The van der Waals surface area contributed by atoms with Crippen molar-refractivity contribution in [3.8, 4) is 11.5 Å². The summed E-state index contributed by atoms with van der Waals surface area (Å²) in [6.45, 7) is 1.77. The molecule has 0 aliphatic heterocycles. The lowest BCUT2D eigenvalue weighted by molar-refractivity contribution is -0.137. The maximum absolute atomic E-state index is 10.8. The molecule has 0 heterocycles. The monoisotopic (exact) mass is 225 g/mol. The Hall–Kier alpha value is -1.91. The van der Waals surface area contributed by atoms with E-state index in [0.717, 1.165) is 0 Å². The molecule has 0 spiro atoms. The minimum absolute atomic E-state index is 0.0206. The van der Waals surface area contributed by atoms with Crippen LogP contribution in [0.1, 0.15) is 13.3 Å². The summed E-state index contributed by atoms with van der Waals surface area (Å²) >= 11 is 0. The molecule has 0 fully saturated rings. The molecule has 1 aromatic rings. The third-order valence-electron chi connectivity index (χ3n) is 2.23. The Morgan fingerprint density at radius 1 is 1.56 bits per heavy atom. The van der Waals surface area contributed by atoms with Crippen LogP contribution in [-0.2, 0) is 4.79 Å². The summed E-state index contributed by atoms with van der Waals surface area (Å²) in [5.41, 5.74) is 0.549. The zero-order valence-electron chi connectivity index (χ0n) is 9.23. The second kappa shape index (κ2) is 5.25. The first kappa shape index (κ1) is 12.2. The van der Waals surface area contributed by atoms with E-state index in [4.69, 9.17) is 9.84 Å². The Morgan fingerprint density at radius 3 is 2.69 bits per heavy atom. The van der Waals surface area contributed by atoms with Gasteiger partial charge >= 0.3 is 5.97 Å². The second-order valence-electron chi connectivity index (χ2n) is 3.33. The highest BCUT2D eigenvalue weighted by Crippen LogP contribution is 2.28. The Labute approximate surface area is 93.7 Å². The lowest BCUT2D eigenvalue weighted by Gasteiger charge is -2.14. The van der Waals surface area contributed by atoms with Gasteiger partial charge in [-0.25, -0.2) is 4.79 Å². The number of hydrogen-bond donors (Lipinski definition) is 3. The summed E-state index contributed by atoms with van der Waals surface area (Å²) in [5, 5.41) is 21.2. The molecule has 1 unspecified atom stereocenters. The van der Waals surface area contributed by atoms with E-state index < -0.39 is 12.0 Å². The van der Waals surface area contributed by atoms with Gasteiger partial charge in [-0.1, -0.05) is 6.92 Å². The first-order valence-electron chi connectivity index (χ1n) is 4.94. The van der Waals surface area contributed by atoms with Gasteiger partial charge < -0.3 is 20.3 Å². The van der Waals surface area contributed by atoms with Gasteiger partial charge in [0.05, 0.1) is 7.11 Å². The Kier molecular flexibility index (Phi) is 3.99. The molecule has 1 rings (SSSR count). The van der Waals surface area contributed by atoms with Gasteiger partial charge in [-0.15, -0.1) is 0 Å². The van der Waals surface area contributed by atoms with Crippen molar-refractivity contribution >= 4 is 11.7 Å². The van der Waals surface area contributed by atoms with Crippen LogP contribution in [0.3, 0.4) is 0 Å². The Bertz CT molecular complexity index is 378. The molecular formula is C11H15NO4. The zero-order chi connectivity index (χ0) is 12.1. The smallest absolute Gasteiger partial charge is 0.326 e. The van der Waals surface area contributed by atoms with Gasteiger partial charge in [-0.3, -0.25) is 0 Å². The number of ether oxygens (including phenoxy) is 1. The normalized spacial score (nSPS) is 11.9. The summed E-state index contributed by atoms with van der Waals surface area (Å²) in [5.74, 6) is -0.584. The Balaban J connectivity index is 2.81. The van der Waals surface area contributed by atoms with E-state index in [1.807, 2.05) is 0 Å². The minimum atomic E-state index is -0.919. The fourth-order valence-corrected chi connectivity index (χ4v) is 1.32. The van der Waals surface area contributed by atoms with Crippen LogP contribution < -0.4 is 10.1 Å². The van der Waals surface area contributed by atoms with Crippen molar-refractivity contribution in [1.82, 2.24) is 0 Å². The number of carboxylic acids is 1. The van der Waals surface area contributed by atoms with Gasteiger partial charge in [-0.2, -0.15) is 0 Å². The number of carbonyl (C=O) groups is 1. The molecule has 0 amide bonds. The number of phenols is 1. The lowest BCUT2D eigenvalue weighted by atomic mass is 10.2. The van der Waals surface area contributed by atoms with E-state index >= 15 is 0 Å². The topological polar surface area (TPSA) is 78.8 Å². The molecular weight excluding hydrogens is 210 g/mol. The summed E-state index contributed by atoms with van der Waals surface area (Å²) in [6, 6.07) is 4.01. The average Bonchev–Trinajstić information content (AvgIpc) is 2.25. The SMILES string of the molecule is CCC(Nc1ccc(OC)c(O)c1)C(=O)O. The van der Waals surface area contributed by atoms with Crippen molar-refractivity contribution in [2.75, 3.05) is 12.4 Å². The highest BCUT2D eigenvalue weighted by molar-refractivity contribution is 5.77. The number of phenolic OH excluding ortho intramolecular Hbond substituents is 1. The zero-order valence-corrected chi connectivity index (χ0v) is 9.23. The van der Waals surface area contributed by atoms with Crippen molar-refractivity contribution in [3.63, 3.8) is 0 Å². The van der Waals surface area contributed by atoms with Crippen LogP contribution in [0.4, 0.5) is 5.69 Å². The van der Waals surface area contributed by atoms with Crippen LogP contribution in [-0.4, -0.2) is 29.3 Å². The van der Waals surface area contributed by atoms with E-state index in [0.29, 0.717) is 17.9 Å². The van der Waals surface area contributed by atoms with Crippen LogP contribution in [0, 0.1) is 0 Å². The fraction of sp³-hybridized carbons (Fsp3) is 0.364. The van der Waals surface area contributed by atoms with Gasteiger partial charge in [0.1, 0.15) is 6.04 Å². The summed E-state index contributed by atoms with van der Waals surface area (Å²) < 4.78 is 4.88. The first-order valence-corrected chi connectivity index (χ1v) is 4.94. The van der Waals surface area contributed by atoms with E-state index in [1.165, 1.54) is 13.2 Å². The van der Waals surface area contributed by atoms with E-state index in [2.05, 4.69) is 5.32 Å². The van der Waals surface area contributed by atoms with Gasteiger partial charge in [0.15, 0.2) is 11.5 Å². The lowest BCUT2D eigenvalue weighted by Crippen LogP contribution is -2.28. The summed E-state index contributed by atoms with van der Waals surface area (Å²) in [4.78, 5) is 10.8. The number of anilines is 1. The van der Waals surface area contributed by atoms with Crippen molar-refractivity contribution in [3.05, 3.63) is 18.2 Å². The predicted molar refractivity (Wildman–Crippen MR) is 60.0 cm³/mol. The standard InChI is InChI=1S/C11H15NO4/c1-3-8(11(14)15)12-7-4-5-10(16-2)9(13)6-7/h4-6,8,12-13H,3H2,1-2H3,(H,14,15). The number of benzene rings is 1. The van der Waals surface area contributed by atoms with Crippen LogP contribution in [0.15, 0.2) is 18.2 Å². The second-order valence-corrected chi connectivity index (χ2v) is 3.33. The van der Waals surface area contributed by atoms with Crippen LogP contribution in [0.5, 0.6) is 11.5 Å². The van der Waals surface area contributed by atoms with Crippen LogP contribution in [0.25, 0.3) is 0 Å². The maximum atomic E-state index is 10.8. The molecule has 5 nitrogen and oxygen atoms in total. The molecule has 16 heavy (non-hydrogen) atoms. The van der Waals surface area contributed by atoms with Gasteiger partial charge in [-0.05, 0) is 18.6 Å². The third-order valence-corrected chi connectivity index (χ3v) is 2.23. The molecule has 0 aromatic heterocycles. The van der Waals surface area contributed by atoms with Gasteiger partial charge in [0, 0.05) is 11.8 Å². The summed E-state index contributed by atoms with van der Waals surface area (Å²) in [7, 11) is 1.45. The first-order chi connectivity index (χ1) is 7.58. The fourth-order valence-electron chi connectivity index (χ4n) is 1.32. The third kappa shape index (κ3) is 2.79. The molecule has 1 aromatic carbocycles. The number of rotatable bonds is 5. The van der Waals surface area contributed by atoms with Gasteiger partial charge in [0.2, 0.25) is 0 Å². The molecule has 88 valence electrons. The largest absolute Gasteiger partial charge is 0.504 e. The van der Waals surface area contributed by atoms with Gasteiger partial charge in [0.25, 0.3) is 0 Å². The van der Waals surface area contributed by atoms with Crippen molar-refractivity contribution in [2.45, 2.75) is 19.4 Å². The average molecular weight is 225 g/mol. The number of methoxy groups -OCH3 is 1. The van der Waals surface area contributed by atoms with Crippen molar-refractivity contribution < 1.29 is 19.7 Å². The molecule has 5 heteroatoms. The number of aliphatic carboxylic acids is 1. The van der Waals surface area contributed by atoms with E-state index in [-0.39, 0.29) is 5.75 Å². The van der Waals surface area contributed by atoms with Crippen molar-refractivity contribution in [2.24, 2.45) is 0 Å². The Morgan fingerprint density at radius 2 is 2.25 bits per heavy atom. The maximum Gasteiger partial charge on any atom is 0.326 e. The number of nitrogens with one attached hydrogen (secondary N) is 1. The molecule has 3 N–H and O–H groups in total. The summed E-state index contributed by atoms with van der Waals surface area (Å²) in [6.07, 6.45) is 0.460. The number of aromatic hydroxyl groups is 1. The highest BCUT2D eigenvalue weighted by atomic mass is 16.5. The quantitative estimate of drug-likeness (QED) is 0.710. The minimum Gasteiger partial charge on any atom is -0.504 e. The van der Waals surface area contributed by atoms with Crippen LogP contribution >= 0.6 is 0 Å². The predicted octanol–water partition coefficient (Wildman–Crippen LogP) is 1.68. The highest BCUT2D eigenvalue weighted by Gasteiger charge is 2.14. The molecule has 1 atom stereocenters. The molecule has 0 saturated heterocycles. The van der Waals surface area contributed by atoms with Crippen molar-refractivity contribution in [1.29, 1.82) is 0 Å². The molecule has 0 aliphatic carbocycles. The molecule has 0 aliphatic rings. The van der Waals surface area contributed by atoms with E-state index in [9.17, 15) is 9.90 Å². The molecule has 0 bridgehead atoms. The molecule has 0 saturated carbocycles. The van der Waals surface area contributed by atoms with E-state index in [1.54, 1.807) is 19.1 Å². The number of hydrogen-bond acceptors (Lipinski definition) is 4. The molecule has 0 radical (unpaired) electrons.